The van der Waals surface area contributed by atoms with Gasteiger partial charge in [-0.3, -0.25) is 0 Å². The Bertz CT molecular complexity index is 129. The molecule has 1 atom stereocenters. The lowest BCUT2D eigenvalue weighted by atomic mass is 10.0. The zero-order valence-electron chi connectivity index (χ0n) is 9.42. The number of hydrogen-bond donors (Lipinski definition) is 1. The van der Waals surface area contributed by atoms with E-state index in [0.717, 1.165) is 26.2 Å². The Morgan fingerprint density at radius 2 is 1.93 bits per heavy atom. The molecule has 3 nitrogen and oxygen atoms in total. The highest BCUT2D eigenvalue weighted by Gasteiger charge is 2.18. The highest BCUT2D eigenvalue weighted by Crippen LogP contribution is 2.14. The molecule has 1 unspecified atom stereocenters. The minimum absolute atomic E-state index is 0.0133. The molecule has 1 aliphatic heterocycles. The SMILES string of the molecule is CCOC(CC1CCCCN1)OCC. The van der Waals surface area contributed by atoms with Crippen LogP contribution in [0.4, 0.5) is 0 Å². The lowest BCUT2D eigenvalue weighted by molar-refractivity contribution is -0.143. The van der Waals surface area contributed by atoms with E-state index in [1.165, 1.54) is 19.3 Å². The molecule has 14 heavy (non-hydrogen) atoms. The second-order valence-corrected chi connectivity index (χ2v) is 3.72. The lowest BCUT2D eigenvalue weighted by Gasteiger charge is -2.27. The first-order valence-corrected chi connectivity index (χ1v) is 5.83. The lowest BCUT2D eigenvalue weighted by Crippen LogP contribution is -2.38. The van der Waals surface area contributed by atoms with Gasteiger partial charge in [0.15, 0.2) is 6.29 Å². The van der Waals surface area contributed by atoms with Crippen LogP contribution in [0, 0.1) is 0 Å². The number of hydrogen-bond acceptors (Lipinski definition) is 3. The van der Waals surface area contributed by atoms with Gasteiger partial charge < -0.3 is 14.8 Å². The van der Waals surface area contributed by atoms with Gasteiger partial charge in [0.25, 0.3) is 0 Å². The van der Waals surface area contributed by atoms with Crippen LogP contribution in [0.1, 0.15) is 39.5 Å². The fourth-order valence-electron chi connectivity index (χ4n) is 1.91. The van der Waals surface area contributed by atoms with Gasteiger partial charge >= 0.3 is 0 Å². The normalized spacial score (nSPS) is 22.9. The van der Waals surface area contributed by atoms with Crippen molar-refractivity contribution in [3.63, 3.8) is 0 Å². The summed E-state index contributed by atoms with van der Waals surface area (Å²) in [4.78, 5) is 0. The zero-order chi connectivity index (χ0) is 10.2. The van der Waals surface area contributed by atoms with Crippen molar-refractivity contribution in [3.05, 3.63) is 0 Å². The van der Waals surface area contributed by atoms with E-state index in [9.17, 15) is 0 Å². The monoisotopic (exact) mass is 201 g/mol. The van der Waals surface area contributed by atoms with E-state index < -0.39 is 0 Å². The van der Waals surface area contributed by atoms with Crippen molar-refractivity contribution in [2.75, 3.05) is 19.8 Å². The molecule has 0 spiro atoms. The molecule has 1 rings (SSSR count). The van der Waals surface area contributed by atoms with Crippen molar-refractivity contribution in [1.29, 1.82) is 0 Å². The van der Waals surface area contributed by atoms with E-state index in [0.29, 0.717) is 6.04 Å². The van der Waals surface area contributed by atoms with Crippen molar-refractivity contribution in [3.8, 4) is 0 Å². The Morgan fingerprint density at radius 3 is 2.43 bits per heavy atom. The molecule has 0 bridgehead atoms. The van der Waals surface area contributed by atoms with E-state index in [-0.39, 0.29) is 6.29 Å². The molecule has 0 aromatic heterocycles. The molecule has 0 amide bonds. The first kappa shape index (κ1) is 12.0. The van der Waals surface area contributed by atoms with E-state index in [2.05, 4.69) is 5.32 Å². The number of nitrogens with one attached hydrogen (secondary N) is 1. The molecule has 0 aliphatic carbocycles. The quantitative estimate of drug-likeness (QED) is 0.666. The minimum atomic E-state index is -0.0133. The Balaban J connectivity index is 2.21. The highest BCUT2D eigenvalue weighted by atomic mass is 16.7. The van der Waals surface area contributed by atoms with Gasteiger partial charge in [-0.25, -0.2) is 0 Å². The molecule has 1 N–H and O–H groups in total. The molecule has 1 aliphatic rings. The van der Waals surface area contributed by atoms with Gasteiger partial charge in [0.1, 0.15) is 0 Å². The van der Waals surface area contributed by atoms with E-state index in [1.54, 1.807) is 0 Å². The molecule has 3 heteroatoms. The molecule has 0 radical (unpaired) electrons. The molecular weight excluding hydrogens is 178 g/mol. The van der Waals surface area contributed by atoms with Crippen LogP contribution in [-0.2, 0) is 9.47 Å². The summed E-state index contributed by atoms with van der Waals surface area (Å²) in [5, 5.41) is 3.51. The predicted octanol–water partition coefficient (Wildman–Crippen LogP) is 1.92. The number of rotatable bonds is 6. The Morgan fingerprint density at radius 1 is 1.21 bits per heavy atom. The van der Waals surface area contributed by atoms with Gasteiger partial charge in [0.2, 0.25) is 0 Å². The molecule has 1 heterocycles. The molecule has 1 fully saturated rings. The van der Waals surface area contributed by atoms with Crippen molar-refractivity contribution in [2.24, 2.45) is 0 Å². The number of ether oxygens (including phenoxy) is 2. The smallest absolute Gasteiger partial charge is 0.159 e. The largest absolute Gasteiger partial charge is 0.353 e. The molecule has 0 saturated carbocycles. The Labute approximate surface area is 87.2 Å². The summed E-state index contributed by atoms with van der Waals surface area (Å²) in [5.74, 6) is 0. The molecule has 84 valence electrons. The van der Waals surface area contributed by atoms with E-state index in [1.807, 2.05) is 13.8 Å². The second kappa shape index (κ2) is 7.21. The second-order valence-electron chi connectivity index (χ2n) is 3.72. The zero-order valence-corrected chi connectivity index (χ0v) is 9.42. The maximum absolute atomic E-state index is 5.52. The summed E-state index contributed by atoms with van der Waals surface area (Å²) < 4.78 is 11.0. The summed E-state index contributed by atoms with van der Waals surface area (Å²) in [7, 11) is 0. The van der Waals surface area contributed by atoms with E-state index >= 15 is 0 Å². The topological polar surface area (TPSA) is 30.5 Å². The van der Waals surface area contributed by atoms with Crippen LogP contribution in [0.2, 0.25) is 0 Å². The summed E-state index contributed by atoms with van der Waals surface area (Å²) in [6.07, 6.45) is 4.88. The maximum atomic E-state index is 5.52. The number of piperidine rings is 1. The van der Waals surface area contributed by atoms with Crippen LogP contribution in [-0.4, -0.2) is 32.1 Å². The fourth-order valence-corrected chi connectivity index (χ4v) is 1.91. The first-order valence-electron chi connectivity index (χ1n) is 5.83. The van der Waals surface area contributed by atoms with Crippen molar-refractivity contribution in [1.82, 2.24) is 5.32 Å². The standard InChI is InChI=1S/C11H23NO2/c1-3-13-11(14-4-2)9-10-7-5-6-8-12-10/h10-12H,3-9H2,1-2H3. The molecule has 1 saturated heterocycles. The van der Waals surface area contributed by atoms with Gasteiger partial charge in [0, 0.05) is 25.7 Å². The van der Waals surface area contributed by atoms with Gasteiger partial charge in [-0.1, -0.05) is 6.42 Å². The van der Waals surface area contributed by atoms with Crippen LogP contribution in [0.5, 0.6) is 0 Å². The fraction of sp³-hybridized carbons (Fsp3) is 1.00. The Kier molecular flexibility index (Phi) is 6.15. The van der Waals surface area contributed by atoms with Crippen molar-refractivity contribution >= 4 is 0 Å². The summed E-state index contributed by atoms with van der Waals surface area (Å²) >= 11 is 0. The van der Waals surface area contributed by atoms with Crippen molar-refractivity contribution in [2.45, 2.75) is 51.9 Å². The van der Waals surface area contributed by atoms with Crippen LogP contribution in [0.25, 0.3) is 0 Å². The summed E-state index contributed by atoms with van der Waals surface area (Å²) in [6.45, 7) is 6.64. The molecular formula is C11H23NO2. The highest BCUT2D eigenvalue weighted by molar-refractivity contribution is 4.73. The summed E-state index contributed by atoms with van der Waals surface area (Å²) in [6, 6.07) is 0.590. The van der Waals surface area contributed by atoms with Crippen LogP contribution in [0.3, 0.4) is 0 Å². The third-order valence-corrected chi connectivity index (χ3v) is 2.59. The third-order valence-electron chi connectivity index (χ3n) is 2.59. The van der Waals surface area contributed by atoms with Gasteiger partial charge in [-0.15, -0.1) is 0 Å². The van der Waals surface area contributed by atoms with Gasteiger partial charge in [-0.05, 0) is 33.2 Å². The van der Waals surface area contributed by atoms with E-state index in [4.69, 9.17) is 9.47 Å². The average Bonchev–Trinajstić information content (AvgIpc) is 2.20. The summed E-state index contributed by atoms with van der Waals surface area (Å²) in [5.41, 5.74) is 0. The predicted molar refractivity (Wildman–Crippen MR) is 57.3 cm³/mol. The molecule has 0 aromatic rings. The maximum Gasteiger partial charge on any atom is 0.159 e. The van der Waals surface area contributed by atoms with Crippen LogP contribution >= 0.6 is 0 Å². The minimum Gasteiger partial charge on any atom is -0.353 e. The first-order chi connectivity index (χ1) is 6.86. The van der Waals surface area contributed by atoms with Crippen molar-refractivity contribution < 1.29 is 9.47 Å². The van der Waals surface area contributed by atoms with Crippen LogP contribution in [0.15, 0.2) is 0 Å². The Hall–Kier alpha value is -0.120. The van der Waals surface area contributed by atoms with Gasteiger partial charge in [-0.2, -0.15) is 0 Å². The third kappa shape index (κ3) is 4.40. The van der Waals surface area contributed by atoms with Gasteiger partial charge in [0.05, 0.1) is 0 Å². The van der Waals surface area contributed by atoms with Crippen LogP contribution < -0.4 is 5.32 Å². The average molecular weight is 201 g/mol. The molecule has 0 aromatic carbocycles.